The predicted molar refractivity (Wildman–Crippen MR) is 84.2 cm³/mol. The number of hydrogen-bond donors (Lipinski definition) is 1. The molecule has 0 radical (unpaired) electrons. The maximum Gasteiger partial charge on any atom is 0.230 e. The third-order valence-corrected chi connectivity index (χ3v) is 4.79. The summed E-state index contributed by atoms with van der Waals surface area (Å²) in [5.74, 6) is 0.292. The van der Waals surface area contributed by atoms with Crippen molar-refractivity contribution >= 4 is 11.8 Å². The van der Waals surface area contributed by atoms with Gasteiger partial charge in [-0.15, -0.1) is 0 Å². The normalized spacial score (nSPS) is 22.5. The minimum Gasteiger partial charge on any atom is -0.381 e. The second-order valence-corrected chi connectivity index (χ2v) is 7.43. The highest BCUT2D eigenvalue weighted by atomic mass is 16.5. The molecule has 6 nitrogen and oxygen atoms in total. The van der Waals surface area contributed by atoms with Gasteiger partial charge < -0.3 is 20.3 Å². The molecule has 0 aromatic carbocycles. The zero-order valence-electron chi connectivity index (χ0n) is 14.1. The van der Waals surface area contributed by atoms with Crippen LogP contribution in [0, 0.1) is 10.8 Å². The first-order valence-corrected chi connectivity index (χ1v) is 8.17. The number of amides is 2. The summed E-state index contributed by atoms with van der Waals surface area (Å²) in [4.78, 5) is 28.9. The van der Waals surface area contributed by atoms with Gasteiger partial charge in [-0.3, -0.25) is 9.59 Å². The van der Waals surface area contributed by atoms with Crippen molar-refractivity contribution in [2.45, 2.75) is 33.6 Å². The predicted octanol–water partition coefficient (Wildman–Crippen LogP) is 0.459. The Morgan fingerprint density at radius 2 is 1.55 bits per heavy atom. The molecule has 2 aliphatic heterocycles. The van der Waals surface area contributed by atoms with Crippen LogP contribution in [0.4, 0.5) is 0 Å². The van der Waals surface area contributed by atoms with Crippen LogP contribution in [0.3, 0.4) is 0 Å². The largest absolute Gasteiger partial charge is 0.381 e. The van der Waals surface area contributed by atoms with Gasteiger partial charge in [0.25, 0.3) is 0 Å². The lowest BCUT2D eigenvalue weighted by molar-refractivity contribution is -0.153. The van der Waals surface area contributed by atoms with Crippen LogP contribution in [0.25, 0.3) is 0 Å². The van der Waals surface area contributed by atoms with E-state index in [1.54, 1.807) is 0 Å². The van der Waals surface area contributed by atoms with E-state index in [0.717, 1.165) is 0 Å². The molecule has 0 aromatic heterocycles. The number of rotatable bonds is 2. The third-order valence-electron chi connectivity index (χ3n) is 4.79. The lowest BCUT2D eigenvalue weighted by Gasteiger charge is -2.43. The smallest absolute Gasteiger partial charge is 0.230 e. The Morgan fingerprint density at radius 1 is 1.05 bits per heavy atom. The first-order chi connectivity index (χ1) is 10.3. The Morgan fingerprint density at radius 3 is 2.00 bits per heavy atom. The summed E-state index contributed by atoms with van der Waals surface area (Å²) in [5, 5.41) is 0. The van der Waals surface area contributed by atoms with Crippen molar-refractivity contribution < 1.29 is 14.3 Å². The van der Waals surface area contributed by atoms with Gasteiger partial charge in [0.2, 0.25) is 11.8 Å². The molecule has 0 bridgehead atoms. The molecular weight excluding hydrogens is 282 g/mol. The van der Waals surface area contributed by atoms with Crippen LogP contribution in [-0.4, -0.2) is 67.6 Å². The maximum absolute atomic E-state index is 12.9. The summed E-state index contributed by atoms with van der Waals surface area (Å²) in [7, 11) is 0. The van der Waals surface area contributed by atoms with Crippen LogP contribution in [0.1, 0.15) is 33.6 Å². The molecule has 2 amide bonds. The van der Waals surface area contributed by atoms with Crippen molar-refractivity contribution in [1.29, 1.82) is 0 Å². The molecule has 0 spiro atoms. The average molecular weight is 311 g/mol. The Labute approximate surface area is 132 Å². The van der Waals surface area contributed by atoms with Crippen LogP contribution in [0.2, 0.25) is 0 Å². The number of hydrogen-bond acceptors (Lipinski definition) is 4. The number of carbonyl (C=O) groups excluding carboxylic acids is 2. The van der Waals surface area contributed by atoms with E-state index in [-0.39, 0.29) is 17.2 Å². The maximum atomic E-state index is 12.9. The average Bonchev–Trinajstić information content (AvgIpc) is 2.53. The van der Waals surface area contributed by atoms with Gasteiger partial charge in [0, 0.05) is 51.4 Å². The highest BCUT2D eigenvalue weighted by Crippen LogP contribution is 2.32. The second-order valence-electron chi connectivity index (χ2n) is 7.43. The number of nitrogens with zero attached hydrogens (tertiary/aromatic N) is 2. The monoisotopic (exact) mass is 311 g/mol. The van der Waals surface area contributed by atoms with E-state index in [4.69, 9.17) is 10.5 Å². The van der Waals surface area contributed by atoms with E-state index >= 15 is 0 Å². The van der Waals surface area contributed by atoms with Gasteiger partial charge in [0.15, 0.2) is 0 Å². The highest BCUT2D eigenvalue weighted by Gasteiger charge is 2.42. The Hall–Kier alpha value is -1.14. The second kappa shape index (κ2) is 6.54. The van der Waals surface area contributed by atoms with E-state index in [2.05, 4.69) is 0 Å². The van der Waals surface area contributed by atoms with Gasteiger partial charge >= 0.3 is 0 Å². The molecule has 2 N–H and O–H groups in total. The van der Waals surface area contributed by atoms with Crippen molar-refractivity contribution in [3.63, 3.8) is 0 Å². The van der Waals surface area contributed by atoms with Crippen LogP contribution < -0.4 is 5.73 Å². The Balaban J connectivity index is 1.96. The molecule has 6 heteroatoms. The zero-order valence-corrected chi connectivity index (χ0v) is 14.1. The van der Waals surface area contributed by atoms with Gasteiger partial charge in [-0.05, 0) is 12.8 Å². The molecule has 0 unspecified atom stereocenters. The summed E-state index contributed by atoms with van der Waals surface area (Å²) in [6.45, 7) is 9.78. The molecule has 2 saturated heterocycles. The summed E-state index contributed by atoms with van der Waals surface area (Å²) < 4.78 is 5.37. The Kier molecular flexibility index (Phi) is 5.12. The third kappa shape index (κ3) is 3.43. The van der Waals surface area contributed by atoms with Gasteiger partial charge in [-0.25, -0.2) is 0 Å². The van der Waals surface area contributed by atoms with Crippen molar-refractivity contribution in [3.8, 4) is 0 Å². The van der Waals surface area contributed by atoms with E-state index in [9.17, 15) is 9.59 Å². The fourth-order valence-corrected chi connectivity index (χ4v) is 3.19. The van der Waals surface area contributed by atoms with Crippen LogP contribution in [-0.2, 0) is 14.3 Å². The quantitative estimate of drug-likeness (QED) is 0.804. The molecule has 0 atom stereocenters. The highest BCUT2D eigenvalue weighted by molar-refractivity contribution is 5.84. The molecule has 2 heterocycles. The fraction of sp³-hybridized carbons (Fsp3) is 0.875. The standard InChI is InChI=1S/C16H29N3O3/c1-15(2,3)13(20)18-6-8-19(9-7-18)14(21)16(12-17)4-10-22-11-5-16/h4-12,17H2,1-3H3. The van der Waals surface area contributed by atoms with E-state index in [1.165, 1.54) is 0 Å². The minimum atomic E-state index is -0.464. The van der Waals surface area contributed by atoms with Crippen molar-refractivity contribution in [2.24, 2.45) is 16.6 Å². The number of piperazine rings is 1. The first kappa shape index (κ1) is 17.2. The molecule has 2 aliphatic rings. The summed E-state index contributed by atoms with van der Waals surface area (Å²) in [5.41, 5.74) is 5.08. The molecule has 0 saturated carbocycles. The summed E-state index contributed by atoms with van der Waals surface area (Å²) in [6, 6.07) is 0. The van der Waals surface area contributed by atoms with E-state index in [1.807, 2.05) is 30.6 Å². The Bertz CT molecular complexity index is 417. The molecule has 22 heavy (non-hydrogen) atoms. The zero-order chi connectivity index (χ0) is 16.4. The lowest BCUT2D eigenvalue weighted by Crippen LogP contribution is -2.58. The van der Waals surface area contributed by atoms with Gasteiger partial charge in [-0.1, -0.05) is 20.8 Å². The van der Waals surface area contributed by atoms with Crippen molar-refractivity contribution in [3.05, 3.63) is 0 Å². The summed E-state index contributed by atoms with van der Waals surface area (Å²) >= 11 is 0. The van der Waals surface area contributed by atoms with Crippen LogP contribution in [0.15, 0.2) is 0 Å². The molecule has 2 fully saturated rings. The number of carbonyl (C=O) groups is 2. The summed E-state index contributed by atoms with van der Waals surface area (Å²) in [6.07, 6.45) is 1.40. The molecule has 2 rings (SSSR count). The SMILES string of the molecule is CC(C)(C)C(=O)N1CCN(C(=O)C2(CN)CCOCC2)CC1. The topological polar surface area (TPSA) is 75.9 Å². The van der Waals surface area contributed by atoms with E-state index in [0.29, 0.717) is 58.8 Å². The van der Waals surface area contributed by atoms with Crippen molar-refractivity contribution in [1.82, 2.24) is 9.80 Å². The van der Waals surface area contributed by atoms with Crippen LogP contribution in [0.5, 0.6) is 0 Å². The van der Waals surface area contributed by atoms with E-state index < -0.39 is 5.41 Å². The first-order valence-electron chi connectivity index (χ1n) is 8.17. The molecular formula is C16H29N3O3. The number of nitrogens with two attached hydrogens (primary N) is 1. The fourth-order valence-electron chi connectivity index (χ4n) is 3.19. The van der Waals surface area contributed by atoms with Gasteiger partial charge in [0.1, 0.15) is 0 Å². The van der Waals surface area contributed by atoms with Crippen LogP contribution >= 0.6 is 0 Å². The minimum absolute atomic E-state index is 0.140. The van der Waals surface area contributed by atoms with Gasteiger partial charge in [-0.2, -0.15) is 0 Å². The van der Waals surface area contributed by atoms with Gasteiger partial charge in [0.05, 0.1) is 5.41 Å². The van der Waals surface area contributed by atoms with Crippen molar-refractivity contribution in [2.75, 3.05) is 45.9 Å². The molecule has 0 aliphatic carbocycles. The molecule has 0 aromatic rings. The lowest BCUT2D eigenvalue weighted by atomic mass is 9.78. The number of ether oxygens (including phenoxy) is 1. The molecule has 126 valence electrons.